The molecule has 0 saturated carbocycles. The minimum Gasteiger partial charge on any atom is -0.494 e. The van der Waals surface area contributed by atoms with E-state index in [-0.39, 0.29) is 47.7 Å². The molecule has 2 N–H and O–H groups in total. The molecule has 0 bridgehead atoms. The van der Waals surface area contributed by atoms with Crippen molar-refractivity contribution in [3.8, 4) is 17.2 Å². The van der Waals surface area contributed by atoms with E-state index in [2.05, 4.69) is 20.8 Å². The Bertz CT molecular complexity index is 1720. The topological polar surface area (TPSA) is 160 Å². The maximum absolute atomic E-state index is 13.5. The molecule has 2 aromatic carbocycles. The van der Waals surface area contributed by atoms with Crippen molar-refractivity contribution in [2.75, 3.05) is 31.7 Å². The van der Waals surface area contributed by atoms with Gasteiger partial charge in [0.1, 0.15) is 21.4 Å². The van der Waals surface area contributed by atoms with Crippen LogP contribution in [0, 0.1) is 6.92 Å². The average Bonchev–Trinajstić information content (AvgIpc) is 3.63. The summed E-state index contributed by atoms with van der Waals surface area (Å²) in [7, 11) is 0. The third-order valence-electron chi connectivity index (χ3n) is 6.64. The summed E-state index contributed by atoms with van der Waals surface area (Å²) in [5, 5.41) is 14.1. The van der Waals surface area contributed by atoms with E-state index in [1.807, 2.05) is 37.3 Å². The lowest BCUT2D eigenvalue weighted by Crippen LogP contribution is -2.29. The number of ether oxygens (including phenoxy) is 4. The summed E-state index contributed by atoms with van der Waals surface area (Å²) in [5.41, 5.74) is 1.15. The number of thiophene rings is 1. The molecule has 0 aliphatic heterocycles. The lowest BCUT2D eigenvalue weighted by Gasteiger charge is -2.15. The van der Waals surface area contributed by atoms with Crippen molar-refractivity contribution in [2.24, 2.45) is 0 Å². The molecule has 0 spiro atoms. The van der Waals surface area contributed by atoms with E-state index in [1.165, 1.54) is 0 Å². The van der Waals surface area contributed by atoms with Crippen LogP contribution >= 0.6 is 23.1 Å². The van der Waals surface area contributed by atoms with Gasteiger partial charge >= 0.3 is 11.9 Å². The SMILES string of the molecule is CCOC(=O)c1sc(NC(=O)[C@H](C)Sc2nnc(CNC(=O)COc3ccccc3)n2-c2ccc(OCC)cc2)c(C(=O)OCC)c1C. The van der Waals surface area contributed by atoms with Gasteiger partial charge in [0.15, 0.2) is 17.6 Å². The fraction of sp³-hybridized carbons (Fsp3) is 0.333. The zero-order valence-electron chi connectivity index (χ0n) is 27.2. The van der Waals surface area contributed by atoms with Gasteiger partial charge in [-0.1, -0.05) is 30.0 Å². The van der Waals surface area contributed by atoms with Crippen molar-refractivity contribution in [1.82, 2.24) is 20.1 Å². The summed E-state index contributed by atoms with van der Waals surface area (Å²) >= 11 is 2.07. The molecule has 0 unspecified atom stereocenters. The highest BCUT2D eigenvalue weighted by Crippen LogP contribution is 2.35. The Labute approximate surface area is 286 Å². The molecular formula is C33H37N5O8S2. The molecule has 0 fully saturated rings. The second kappa shape index (κ2) is 17.3. The first-order valence-corrected chi connectivity index (χ1v) is 16.9. The Morgan fingerprint density at radius 2 is 1.54 bits per heavy atom. The van der Waals surface area contributed by atoms with Gasteiger partial charge in [-0.2, -0.15) is 0 Å². The molecule has 0 aliphatic rings. The number of thioether (sulfide) groups is 1. The van der Waals surface area contributed by atoms with Crippen molar-refractivity contribution < 1.29 is 38.1 Å². The Balaban J connectivity index is 1.55. The van der Waals surface area contributed by atoms with E-state index in [0.717, 1.165) is 23.1 Å². The van der Waals surface area contributed by atoms with Crippen molar-refractivity contribution in [1.29, 1.82) is 0 Å². The summed E-state index contributed by atoms with van der Waals surface area (Å²) in [6.07, 6.45) is 0. The quantitative estimate of drug-likeness (QED) is 0.117. The third-order valence-corrected chi connectivity index (χ3v) is 8.87. The van der Waals surface area contributed by atoms with Crippen LogP contribution in [0.4, 0.5) is 5.00 Å². The molecule has 0 radical (unpaired) electrons. The predicted octanol–water partition coefficient (Wildman–Crippen LogP) is 5.20. The van der Waals surface area contributed by atoms with Gasteiger partial charge in [-0.3, -0.25) is 14.2 Å². The standard InChI is InChI=1S/C33H37N5O8S2/c1-6-43-24-16-14-22(15-17-24)38-25(18-34-26(39)19-46-23-12-10-9-11-13-23)36-37-33(38)47-21(5)29(40)35-30-27(31(41)44-7-2)20(4)28(48-30)32(42)45-8-3/h9-17,21H,6-8,18-19H2,1-5H3,(H,34,39)(H,35,40)/t21-/m0/s1. The van der Waals surface area contributed by atoms with E-state index in [9.17, 15) is 19.2 Å². The molecule has 48 heavy (non-hydrogen) atoms. The number of carbonyl (C=O) groups is 4. The molecule has 1 atom stereocenters. The molecule has 4 rings (SSSR count). The Hall–Kier alpha value is -4.89. The second-order valence-electron chi connectivity index (χ2n) is 9.99. The van der Waals surface area contributed by atoms with Crippen LogP contribution in [0.25, 0.3) is 5.69 Å². The smallest absolute Gasteiger partial charge is 0.348 e. The zero-order chi connectivity index (χ0) is 34.6. The van der Waals surface area contributed by atoms with Gasteiger partial charge in [-0.05, 0) is 76.6 Å². The first kappa shape index (κ1) is 36.0. The lowest BCUT2D eigenvalue weighted by molar-refractivity contribution is -0.123. The normalized spacial score (nSPS) is 11.4. The zero-order valence-corrected chi connectivity index (χ0v) is 28.9. The number of nitrogens with one attached hydrogen (secondary N) is 2. The number of amides is 2. The van der Waals surface area contributed by atoms with Crippen LogP contribution in [-0.4, -0.2) is 70.2 Å². The van der Waals surface area contributed by atoms with Crippen LogP contribution in [-0.2, 0) is 25.6 Å². The van der Waals surface area contributed by atoms with Gasteiger partial charge in [-0.25, -0.2) is 9.59 Å². The van der Waals surface area contributed by atoms with E-state index in [0.29, 0.717) is 40.3 Å². The monoisotopic (exact) mass is 695 g/mol. The summed E-state index contributed by atoms with van der Waals surface area (Å²) in [6, 6.07) is 16.2. The van der Waals surface area contributed by atoms with E-state index >= 15 is 0 Å². The van der Waals surface area contributed by atoms with Gasteiger partial charge in [0.2, 0.25) is 5.91 Å². The van der Waals surface area contributed by atoms with Crippen LogP contribution in [0.1, 0.15) is 59.1 Å². The number of nitrogens with zero attached hydrogens (tertiary/aromatic N) is 3. The van der Waals surface area contributed by atoms with E-state index in [1.54, 1.807) is 56.5 Å². The minimum atomic E-state index is -0.735. The van der Waals surface area contributed by atoms with Crippen LogP contribution in [0.5, 0.6) is 11.5 Å². The maximum atomic E-state index is 13.5. The van der Waals surface area contributed by atoms with Gasteiger partial charge in [0.25, 0.3) is 5.91 Å². The number of rotatable bonds is 16. The Kier molecular flexibility index (Phi) is 13.0. The number of para-hydroxylation sites is 1. The molecule has 15 heteroatoms. The van der Waals surface area contributed by atoms with Crippen molar-refractivity contribution in [2.45, 2.75) is 51.6 Å². The second-order valence-corrected chi connectivity index (χ2v) is 12.3. The number of hydrogen-bond acceptors (Lipinski definition) is 12. The van der Waals surface area contributed by atoms with Crippen molar-refractivity contribution in [3.05, 3.63) is 76.4 Å². The summed E-state index contributed by atoms with van der Waals surface area (Å²) in [6.45, 7) is 9.15. The van der Waals surface area contributed by atoms with Gasteiger partial charge in [0.05, 0.1) is 37.2 Å². The molecule has 13 nitrogen and oxygen atoms in total. The minimum absolute atomic E-state index is 0.0341. The largest absolute Gasteiger partial charge is 0.494 e. The molecule has 2 heterocycles. The Morgan fingerprint density at radius 3 is 2.21 bits per heavy atom. The van der Waals surface area contributed by atoms with Gasteiger partial charge in [-0.15, -0.1) is 21.5 Å². The molecule has 0 saturated heterocycles. The molecule has 4 aromatic rings. The third kappa shape index (κ3) is 9.13. The maximum Gasteiger partial charge on any atom is 0.348 e. The van der Waals surface area contributed by atoms with Gasteiger partial charge < -0.3 is 29.6 Å². The van der Waals surface area contributed by atoms with Crippen molar-refractivity contribution in [3.63, 3.8) is 0 Å². The Morgan fingerprint density at radius 1 is 0.875 bits per heavy atom. The summed E-state index contributed by atoms with van der Waals surface area (Å²) < 4.78 is 23.2. The lowest BCUT2D eigenvalue weighted by atomic mass is 10.1. The number of anilines is 1. The predicted molar refractivity (Wildman–Crippen MR) is 181 cm³/mol. The summed E-state index contributed by atoms with van der Waals surface area (Å²) in [4.78, 5) is 51.7. The highest BCUT2D eigenvalue weighted by molar-refractivity contribution is 8.00. The molecule has 254 valence electrons. The van der Waals surface area contributed by atoms with Crippen LogP contribution in [0.15, 0.2) is 59.8 Å². The number of aromatic nitrogens is 3. The number of benzene rings is 2. The fourth-order valence-electron chi connectivity index (χ4n) is 4.37. The molecule has 2 amide bonds. The van der Waals surface area contributed by atoms with Crippen LogP contribution < -0.4 is 20.1 Å². The average molecular weight is 696 g/mol. The molecule has 2 aromatic heterocycles. The summed E-state index contributed by atoms with van der Waals surface area (Å²) in [5.74, 6) is -0.392. The highest BCUT2D eigenvalue weighted by atomic mass is 32.2. The first-order valence-electron chi connectivity index (χ1n) is 15.2. The van der Waals surface area contributed by atoms with Crippen molar-refractivity contribution >= 4 is 51.9 Å². The number of hydrogen-bond donors (Lipinski definition) is 2. The van der Waals surface area contributed by atoms with Gasteiger partial charge in [0, 0.05) is 5.69 Å². The first-order chi connectivity index (χ1) is 23.2. The fourth-order valence-corrected chi connectivity index (χ4v) is 6.35. The van der Waals surface area contributed by atoms with E-state index in [4.69, 9.17) is 18.9 Å². The number of esters is 2. The highest BCUT2D eigenvalue weighted by Gasteiger charge is 2.29. The van der Waals surface area contributed by atoms with Crippen LogP contribution in [0.2, 0.25) is 0 Å². The number of carbonyl (C=O) groups excluding carboxylic acids is 4. The van der Waals surface area contributed by atoms with E-state index < -0.39 is 23.1 Å². The molecule has 0 aliphatic carbocycles. The van der Waals surface area contributed by atoms with Crippen LogP contribution in [0.3, 0.4) is 0 Å². The molecular weight excluding hydrogens is 659 g/mol.